The highest BCUT2D eigenvalue weighted by atomic mass is 16.6. The number of nitrogens with one attached hydrogen (secondary N) is 1. The minimum Gasteiger partial charge on any atom is -0.486 e. The standard InChI is InChI=1S/C16H19N3O4/c20-16(17-8-11-2-1-3-21-11)9-19-10-18-12-6-14-15(7-13(12)19)23-5-4-22-14/h6-7,10-11H,1-5,8-9H2,(H,17,20)/t11-/m0/s1. The van der Waals surface area contributed by atoms with Gasteiger partial charge in [0.15, 0.2) is 11.5 Å². The molecule has 1 aromatic carbocycles. The van der Waals surface area contributed by atoms with E-state index in [9.17, 15) is 4.79 Å². The van der Waals surface area contributed by atoms with Gasteiger partial charge in [-0.15, -0.1) is 0 Å². The molecule has 0 saturated carbocycles. The minimum atomic E-state index is -0.0466. The van der Waals surface area contributed by atoms with Crippen LogP contribution in [-0.2, 0) is 16.1 Å². The first-order valence-electron chi connectivity index (χ1n) is 7.92. The van der Waals surface area contributed by atoms with E-state index < -0.39 is 0 Å². The zero-order valence-electron chi connectivity index (χ0n) is 12.8. The Morgan fingerprint density at radius 1 is 1.26 bits per heavy atom. The number of hydrogen-bond acceptors (Lipinski definition) is 5. The van der Waals surface area contributed by atoms with E-state index >= 15 is 0 Å². The normalized spacial score (nSPS) is 19.9. The maximum absolute atomic E-state index is 12.1. The van der Waals surface area contributed by atoms with Crippen LogP contribution >= 0.6 is 0 Å². The highest BCUT2D eigenvalue weighted by molar-refractivity contribution is 5.83. The topological polar surface area (TPSA) is 74.6 Å². The second kappa shape index (κ2) is 6.08. The summed E-state index contributed by atoms with van der Waals surface area (Å²) in [5, 5.41) is 2.92. The molecule has 23 heavy (non-hydrogen) atoms. The van der Waals surface area contributed by atoms with Crippen molar-refractivity contribution in [3.8, 4) is 11.5 Å². The first-order chi connectivity index (χ1) is 11.3. The molecular formula is C16H19N3O4. The third-order valence-corrected chi connectivity index (χ3v) is 4.15. The molecule has 1 saturated heterocycles. The molecule has 0 radical (unpaired) electrons. The molecule has 2 aromatic rings. The van der Waals surface area contributed by atoms with Gasteiger partial charge < -0.3 is 24.1 Å². The van der Waals surface area contributed by atoms with Crippen LogP contribution < -0.4 is 14.8 Å². The minimum absolute atomic E-state index is 0.0466. The molecule has 4 rings (SSSR count). The Bertz CT molecular complexity index is 721. The number of ether oxygens (including phenoxy) is 3. The molecule has 1 atom stereocenters. The molecule has 0 unspecified atom stereocenters. The summed E-state index contributed by atoms with van der Waals surface area (Å²) in [7, 11) is 0. The number of amides is 1. The fourth-order valence-electron chi connectivity index (χ4n) is 2.96. The SMILES string of the molecule is O=C(Cn1cnc2cc3c(cc21)OCCO3)NC[C@@H]1CCCO1. The predicted molar refractivity (Wildman–Crippen MR) is 82.7 cm³/mol. The van der Waals surface area contributed by atoms with E-state index in [4.69, 9.17) is 14.2 Å². The second-order valence-corrected chi connectivity index (χ2v) is 5.80. The van der Waals surface area contributed by atoms with Crippen LogP contribution in [0.2, 0.25) is 0 Å². The van der Waals surface area contributed by atoms with Crippen molar-refractivity contribution in [1.29, 1.82) is 0 Å². The fourth-order valence-corrected chi connectivity index (χ4v) is 2.96. The third kappa shape index (κ3) is 2.96. The van der Waals surface area contributed by atoms with Crippen molar-refractivity contribution < 1.29 is 19.0 Å². The Kier molecular flexibility index (Phi) is 3.78. The molecule has 122 valence electrons. The van der Waals surface area contributed by atoms with Gasteiger partial charge in [-0.2, -0.15) is 0 Å². The molecular weight excluding hydrogens is 298 g/mol. The number of nitrogens with zero attached hydrogens (tertiary/aromatic N) is 2. The molecule has 0 spiro atoms. The third-order valence-electron chi connectivity index (χ3n) is 4.15. The zero-order chi connectivity index (χ0) is 15.6. The Balaban J connectivity index is 1.46. The lowest BCUT2D eigenvalue weighted by atomic mass is 10.2. The largest absolute Gasteiger partial charge is 0.486 e. The van der Waals surface area contributed by atoms with E-state index in [0.717, 1.165) is 30.5 Å². The quantitative estimate of drug-likeness (QED) is 0.914. The molecule has 1 N–H and O–H groups in total. The van der Waals surface area contributed by atoms with Gasteiger partial charge in [-0.25, -0.2) is 4.98 Å². The van der Waals surface area contributed by atoms with Gasteiger partial charge >= 0.3 is 0 Å². The van der Waals surface area contributed by atoms with Gasteiger partial charge in [0.05, 0.1) is 23.5 Å². The smallest absolute Gasteiger partial charge is 0.240 e. The van der Waals surface area contributed by atoms with Crippen LogP contribution in [0.15, 0.2) is 18.5 Å². The number of fused-ring (bicyclic) bond motifs is 2. The van der Waals surface area contributed by atoms with Gasteiger partial charge in [0.2, 0.25) is 5.91 Å². The lowest BCUT2D eigenvalue weighted by molar-refractivity contribution is -0.122. The lowest BCUT2D eigenvalue weighted by Gasteiger charge is -2.18. The Morgan fingerprint density at radius 2 is 2.09 bits per heavy atom. The van der Waals surface area contributed by atoms with Crippen molar-refractivity contribution in [3.05, 3.63) is 18.5 Å². The van der Waals surface area contributed by atoms with Crippen LogP contribution in [0.1, 0.15) is 12.8 Å². The summed E-state index contributed by atoms with van der Waals surface area (Å²) in [5.41, 5.74) is 1.66. The van der Waals surface area contributed by atoms with Gasteiger partial charge in [0.25, 0.3) is 0 Å². The van der Waals surface area contributed by atoms with Crippen LogP contribution in [0.5, 0.6) is 11.5 Å². The average molecular weight is 317 g/mol. The summed E-state index contributed by atoms with van der Waals surface area (Å²) < 4.78 is 18.5. The van der Waals surface area contributed by atoms with Gasteiger partial charge in [0.1, 0.15) is 19.8 Å². The van der Waals surface area contributed by atoms with Crippen LogP contribution in [0, 0.1) is 0 Å². The Morgan fingerprint density at radius 3 is 2.87 bits per heavy atom. The molecule has 1 amide bonds. The van der Waals surface area contributed by atoms with E-state index in [-0.39, 0.29) is 18.6 Å². The number of carbonyl (C=O) groups is 1. The molecule has 1 fully saturated rings. The highest BCUT2D eigenvalue weighted by Gasteiger charge is 2.18. The Hall–Kier alpha value is -2.28. The first kappa shape index (κ1) is 14.3. The summed E-state index contributed by atoms with van der Waals surface area (Å²) in [6, 6.07) is 3.73. The molecule has 2 aliphatic rings. The predicted octanol–water partition coefficient (Wildman–Crippen LogP) is 1.10. The van der Waals surface area contributed by atoms with E-state index in [1.165, 1.54) is 0 Å². The summed E-state index contributed by atoms with van der Waals surface area (Å²) in [5.74, 6) is 1.36. The number of aromatic nitrogens is 2. The number of hydrogen-bond donors (Lipinski definition) is 1. The number of carbonyl (C=O) groups excluding carboxylic acids is 1. The second-order valence-electron chi connectivity index (χ2n) is 5.80. The van der Waals surface area contributed by atoms with Gasteiger partial charge in [-0.1, -0.05) is 0 Å². The lowest BCUT2D eigenvalue weighted by Crippen LogP contribution is -2.34. The molecule has 3 heterocycles. The van der Waals surface area contributed by atoms with Gasteiger partial charge in [-0.3, -0.25) is 4.79 Å². The molecule has 0 aliphatic carbocycles. The highest BCUT2D eigenvalue weighted by Crippen LogP contribution is 2.34. The van der Waals surface area contributed by atoms with E-state index in [1.807, 2.05) is 16.7 Å². The van der Waals surface area contributed by atoms with E-state index in [2.05, 4.69) is 10.3 Å². The summed E-state index contributed by atoms with van der Waals surface area (Å²) >= 11 is 0. The molecule has 7 heteroatoms. The molecule has 2 aliphatic heterocycles. The number of benzene rings is 1. The Labute approximate surface area is 133 Å². The van der Waals surface area contributed by atoms with Crippen molar-refractivity contribution in [2.75, 3.05) is 26.4 Å². The van der Waals surface area contributed by atoms with Crippen molar-refractivity contribution >= 4 is 16.9 Å². The number of imidazole rings is 1. The first-order valence-corrected chi connectivity index (χ1v) is 7.92. The maximum Gasteiger partial charge on any atom is 0.240 e. The van der Waals surface area contributed by atoms with Crippen LogP contribution in [0.4, 0.5) is 0 Å². The fraction of sp³-hybridized carbons (Fsp3) is 0.500. The zero-order valence-corrected chi connectivity index (χ0v) is 12.8. The van der Waals surface area contributed by atoms with Crippen LogP contribution in [-0.4, -0.2) is 47.9 Å². The maximum atomic E-state index is 12.1. The average Bonchev–Trinajstić information content (AvgIpc) is 3.21. The van der Waals surface area contributed by atoms with Crippen molar-refractivity contribution in [2.45, 2.75) is 25.5 Å². The van der Waals surface area contributed by atoms with Crippen molar-refractivity contribution in [1.82, 2.24) is 14.9 Å². The molecule has 7 nitrogen and oxygen atoms in total. The van der Waals surface area contributed by atoms with Crippen molar-refractivity contribution in [2.24, 2.45) is 0 Å². The molecule has 1 aromatic heterocycles. The number of rotatable bonds is 4. The molecule has 0 bridgehead atoms. The van der Waals surface area contributed by atoms with E-state index in [1.54, 1.807) is 6.33 Å². The summed E-state index contributed by atoms with van der Waals surface area (Å²) in [6.45, 7) is 2.67. The monoisotopic (exact) mass is 317 g/mol. The summed E-state index contributed by atoms with van der Waals surface area (Å²) in [4.78, 5) is 16.5. The van der Waals surface area contributed by atoms with Crippen molar-refractivity contribution in [3.63, 3.8) is 0 Å². The van der Waals surface area contributed by atoms with Gasteiger partial charge in [-0.05, 0) is 12.8 Å². The van der Waals surface area contributed by atoms with Crippen LogP contribution in [0.25, 0.3) is 11.0 Å². The van der Waals surface area contributed by atoms with Crippen LogP contribution in [0.3, 0.4) is 0 Å². The summed E-state index contributed by atoms with van der Waals surface area (Å²) in [6.07, 6.45) is 3.90. The van der Waals surface area contributed by atoms with Gasteiger partial charge in [0, 0.05) is 25.3 Å². The van der Waals surface area contributed by atoms with E-state index in [0.29, 0.717) is 31.3 Å².